The van der Waals surface area contributed by atoms with Gasteiger partial charge >= 0.3 is 0 Å². The largest absolute Gasteiger partial charge is 0.385 e. The number of benzene rings is 1. The van der Waals surface area contributed by atoms with Crippen LogP contribution in [0.5, 0.6) is 0 Å². The van der Waals surface area contributed by atoms with E-state index >= 15 is 0 Å². The second kappa shape index (κ2) is 6.03. The van der Waals surface area contributed by atoms with E-state index in [0.29, 0.717) is 17.3 Å². The fourth-order valence-corrected chi connectivity index (χ4v) is 2.22. The van der Waals surface area contributed by atoms with Crippen LogP contribution in [0.1, 0.15) is 30.8 Å². The van der Waals surface area contributed by atoms with Crippen LogP contribution >= 0.6 is 11.6 Å². The van der Waals surface area contributed by atoms with Crippen LogP contribution < -0.4 is 0 Å². The smallest absolute Gasteiger partial charge is 0.137 e. The van der Waals surface area contributed by atoms with E-state index in [-0.39, 0.29) is 0 Å². The number of nitrogens with zero attached hydrogens (tertiary/aromatic N) is 2. The first kappa shape index (κ1) is 13.1. The molecule has 0 saturated carbocycles. The van der Waals surface area contributed by atoms with Gasteiger partial charge in [0.2, 0.25) is 0 Å². The molecule has 0 fully saturated rings. The zero-order valence-corrected chi connectivity index (χ0v) is 11.1. The predicted octanol–water partition coefficient (Wildman–Crippen LogP) is 3.22. The van der Waals surface area contributed by atoms with Crippen molar-refractivity contribution >= 4 is 11.6 Å². The molecular formula is C14H17ClN2O. The first-order valence-corrected chi connectivity index (χ1v) is 6.52. The molecule has 0 aliphatic carbocycles. The topological polar surface area (TPSA) is 38.0 Å². The highest BCUT2D eigenvalue weighted by Crippen LogP contribution is 2.22. The van der Waals surface area contributed by atoms with Crippen molar-refractivity contribution in [2.45, 2.75) is 32.4 Å². The molecule has 2 aromatic rings. The van der Waals surface area contributed by atoms with E-state index in [0.717, 1.165) is 18.5 Å². The molecule has 1 N–H and O–H groups in total. The molecule has 2 rings (SSSR count). The van der Waals surface area contributed by atoms with Crippen molar-refractivity contribution in [3.05, 3.63) is 53.1 Å². The lowest BCUT2D eigenvalue weighted by molar-refractivity contribution is 0.163. The average Bonchev–Trinajstić information content (AvgIpc) is 2.81. The standard InChI is InChI=1S/C14H17ClN2O/c1-2-8-17-9-7-16-14(17)13(18)10-11-5-3-4-6-12(11)15/h3-7,9,13,18H,2,8,10H2,1H3. The van der Waals surface area contributed by atoms with Gasteiger partial charge in [0.05, 0.1) is 0 Å². The van der Waals surface area contributed by atoms with E-state index in [1.54, 1.807) is 6.20 Å². The van der Waals surface area contributed by atoms with Crippen LogP contribution in [-0.4, -0.2) is 14.7 Å². The van der Waals surface area contributed by atoms with Gasteiger partial charge in [-0.1, -0.05) is 36.7 Å². The van der Waals surface area contributed by atoms with Gasteiger partial charge in [-0.15, -0.1) is 0 Å². The van der Waals surface area contributed by atoms with E-state index in [2.05, 4.69) is 11.9 Å². The molecule has 0 bridgehead atoms. The van der Waals surface area contributed by atoms with Crippen molar-refractivity contribution < 1.29 is 5.11 Å². The van der Waals surface area contributed by atoms with Crippen molar-refractivity contribution in [1.82, 2.24) is 9.55 Å². The van der Waals surface area contributed by atoms with Gasteiger partial charge in [-0.2, -0.15) is 0 Å². The average molecular weight is 265 g/mol. The SMILES string of the molecule is CCCn1ccnc1C(O)Cc1ccccc1Cl. The summed E-state index contributed by atoms with van der Waals surface area (Å²) in [6.45, 7) is 2.97. The number of aliphatic hydroxyl groups excluding tert-OH is 1. The van der Waals surface area contributed by atoms with Crippen molar-refractivity contribution in [1.29, 1.82) is 0 Å². The number of aromatic nitrogens is 2. The van der Waals surface area contributed by atoms with Crippen LogP contribution in [0.15, 0.2) is 36.7 Å². The fraction of sp³-hybridized carbons (Fsp3) is 0.357. The molecule has 18 heavy (non-hydrogen) atoms. The van der Waals surface area contributed by atoms with Gasteiger partial charge in [-0.25, -0.2) is 4.98 Å². The van der Waals surface area contributed by atoms with Crippen LogP contribution in [0.25, 0.3) is 0 Å². The summed E-state index contributed by atoms with van der Waals surface area (Å²) >= 11 is 6.09. The Morgan fingerprint density at radius 3 is 2.89 bits per heavy atom. The molecule has 4 heteroatoms. The van der Waals surface area contributed by atoms with Crippen molar-refractivity contribution in [2.75, 3.05) is 0 Å². The molecule has 0 amide bonds. The predicted molar refractivity (Wildman–Crippen MR) is 72.6 cm³/mol. The van der Waals surface area contributed by atoms with E-state index < -0.39 is 6.10 Å². The van der Waals surface area contributed by atoms with Gasteiger partial charge in [0.1, 0.15) is 11.9 Å². The number of halogens is 1. The van der Waals surface area contributed by atoms with Crippen LogP contribution in [0.4, 0.5) is 0 Å². The normalized spacial score (nSPS) is 12.6. The third-order valence-electron chi connectivity index (χ3n) is 2.88. The summed E-state index contributed by atoms with van der Waals surface area (Å²) in [6.07, 6.45) is 4.50. The molecule has 0 saturated heterocycles. The maximum absolute atomic E-state index is 10.3. The second-order valence-electron chi connectivity index (χ2n) is 4.29. The van der Waals surface area contributed by atoms with Crippen molar-refractivity contribution in [3.63, 3.8) is 0 Å². The summed E-state index contributed by atoms with van der Waals surface area (Å²) in [6, 6.07) is 7.57. The van der Waals surface area contributed by atoms with Gasteiger partial charge < -0.3 is 9.67 Å². The molecule has 1 heterocycles. The third kappa shape index (κ3) is 2.92. The minimum absolute atomic E-state index is 0.487. The summed E-state index contributed by atoms with van der Waals surface area (Å²) in [5.74, 6) is 0.705. The fourth-order valence-electron chi connectivity index (χ4n) is 2.01. The Morgan fingerprint density at radius 2 is 2.17 bits per heavy atom. The zero-order chi connectivity index (χ0) is 13.0. The lowest BCUT2D eigenvalue weighted by Crippen LogP contribution is -2.11. The molecule has 0 radical (unpaired) electrons. The molecule has 96 valence electrons. The summed E-state index contributed by atoms with van der Waals surface area (Å²) in [4.78, 5) is 4.23. The lowest BCUT2D eigenvalue weighted by atomic mass is 10.1. The minimum Gasteiger partial charge on any atom is -0.385 e. The van der Waals surface area contributed by atoms with E-state index in [1.165, 1.54) is 0 Å². The zero-order valence-electron chi connectivity index (χ0n) is 10.4. The first-order valence-electron chi connectivity index (χ1n) is 6.15. The number of imidazole rings is 1. The maximum Gasteiger partial charge on any atom is 0.137 e. The number of aryl methyl sites for hydroxylation is 1. The molecule has 0 aliphatic rings. The van der Waals surface area contributed by atoms with Crippen molar-refractivity contribution in [3.8, 4) is 0 Å². The Bertz CT molecular complexity index is 510. The minimum atomic E-state index is -0.619. The van der Waals surface area contributed by atoms with Crippen LogP contribution in [0.3, 0.4) is 0 Å². The Kier molecular flexibility index (Phi) is 4.39. The quantitative estimate of drug-likeness (QED) is 0.900. The van der Waals surface area contributed by atoms with E-state index in [9.17, 15) is 5.11 Å². The Morgan fingerprint density at radius 1 is 1.39 bits per heavy atom. The van der Waals surface area contributed by atoms with Crippen LogP contribution in [0.2, 0.25) is 5.02 Å². The van der Waals surface area contributed by atoms with E-state index in [1.807, 2.05) is 35.0 Å². The molecule has 1 atom stereocenters. The number of hydrogen-bond donors (Lipinski definition) is 1. The van der Waals surface area contributed by atoms with Gasteiger partial charge in [0.25, 0.3) is 0 Å². The molecule has 1 aromatic carbocycles. The summed E-state index contributed by atoms with van der Waals surface area (Å²) in [5, 5.41) is 10.9. The summed E-state index contributed by atoms with van der Waals surface area (Å²) in [7, 11) is 0. The lowest BCUT2D eigenvalue weighted by Gasteiger charge is -2.13. The molecule has 3 nitrogen and oxygen atoms in total. The monoisotopic (exact) mass is 264 g/mol. The van der Waals surface area contributed by atoms with Crippen LogP contribution in [-0.2, 0) is 13.0 Å². The molecule has 0 spiro atoms. The Hall–Kier alpha value is -1.32. The van der Waals surface area contributed by atoms with Crippen LogP contribution in [0, 0.1) is 0 Å². The molecule has 1 aromatic heterocycles. The van der Waals surface area contributed by atoms with Gasteiger partial charge in [0, 0.05) is 30.4 Å². The Balaban J connectivity index is 2.14. The number of rotatable bonds is 5. The third-order valence-corrected chi connectivity index (χ3v) is 3.25. The van der Waals surface area contributed by atoms with Gasteiger partial charge in [-0.3, -0.25) is 0 Å². The molecular weight excluding hydrogens is 248 g/mol. The maximum atomic E-state index is 10.3. The van der Waals surface area contributed by atoms with E-state index in [4.69, 9.17) is 11.6 Å². The van der Waals surface area contributed by atoms with Gasteiger partial charge in [0.15, 0.2) is 0 Å². The van der Waals surface area contributed by atoms with Crippen molar-refractivity contribution in [2.24, 2.45) is 0 Å². The number of aliphatic hydroxyl groups is 1. The second-order valence-corrected chi connectivity index (χ2v) is 4.70. The Labute approximate surface area is 112 Å². The van der Waals surface area contributed by atoms with Gasteiger partial charge in [-0.05, 0) is 18.1 Å². The highest BCUT2D eigenvalue weighted by molar-refractivity contribution is 6.31. The highest BCUT2D eigenvalue weighted by Gasteiger charge is 2.15. The summed E-state index contributed by atoms with van der Waals surface area (Å²) < 4.78 is 1.99. The first-order chi connectivity index (χ1) is 8.72. The molecule has 0 aliphatic heterocycles. The number of hydrogen-bond acceptors (Lipinski definition) is 2. The molecule has 1 unspecified atom stereocenters. The highest BCUT2D eigenvalue weighted by atomic mass is 35.5. The summed E-state index contributed by atoms with van der Waals surface area (Å²) in [5.41, 5.74) is 0.942.